The van der Waals surface area contributed by atoms with Gasteiger partial charge in [0.25, 0.3) is 0 Å². The minimum absolute atomic E-state index is 0.114. The van der Waals surface area contributed by atoms with Crippen molar-refractivity contribution in [1.29, 1.82) is 0 Å². The van der Waals surface area contributed by atoms with E-state index in [1.54, 1.807) is 12.5 Å². The molecule has 4 aromatic rings. The number of amides is 1. The predicted octanol–water partition coefficient (Wildman–Crippen LogP) is 6.01. The topological polar surface area (TPSA) is 80.3 Å². The average molecular weight is 494 g/mol. The van der Waals surface area contributed by atoms with Crippen molar-refractivity contribution >= 4 is 11.6 Å². The minimum Gasteiger partial charge on any atom is -0.472 e. The second-order valence-electron chi connectivity index (χ2n) is 10.2. The van der Waals surface area contributed by atoms with Crippen molar-refractivity contribution in [3.63, 3.8) is 0 Å². The molecule has 2 unspecified atom stereocenters. The van der Waals surface area contributed by atoms with E-state index in [9.17, 15) is 4.79 Å². The summed E-state index contributed by atoms with van der Waals surface area (Å²) in [6.07, 6.45) is 5.60. The van der Waals surface area contributed by atoms with E-state index in [0.29, 0.717) is 6.42 Å². The van der Waals surface area contributed by atoms with Crippen LogP contribution in [-0.2, 0) is 17.6 Å². The number of rotatable bonds is 7. The molecule has 2 heterocycles. The smallest absolute Gasteiger partial charge is 0.237 e. The van der Waals surface area contributed by atoms with Crippen LogP contribution in [-0.4, -0.2) is 18.5 Å². The van der Waals surface area contributed by atoms with Gasteiger partial charge in [-0.1, -0.05) is 54.1 Å². The van der Waals surface area contributed by atoms with Crippen molar-refractivity contribution in [3.05, 3.63) is 112 Å². The van der Waals surface area contributed by atoms with Crippen LogP contribution < -0.4 is 16.4 Å². The largest absolute Gasteiger partial charge is 0.472 e. The van der Waals surface area contributed by atoms with Crippen LogP contribution in [0.3, 0.4) is 0 Å². The van der Waals surface area contributed by atoms with Gasteiger partial charge in [0.1, 0.15) is 0 Å². The fourth-order valence-corrected chi connectivity index (χ4v) is 5.55. The highest BCUT2D eigenvalue weighted by Crippen LogP contribution is 2.40. The highest BCUT2D eigenvalue weighted by atomic mass is 16.3. The van der Waals surface area contributed by atoms with E-state index >= 15 is 0 Å². The number of fused-ring (bicyclic) bond motifs is 1. The third-order valence-electron chi connectivity index (χ3n) is 7.34. The monoisotopic (exact) mass is 493 g/mol. The van der Waals surface area contributed by atoms with Crippen molar-refractivity contribution in [2.24, 2.45) is 5.73 Å². The van der Waals surface area contributed by atoms with Gasteiger partial charge in [0.05, 0.1) is 24.6 Å². The summed E-state index contributed by atoms with van der Waals surface area (Å²) in [4.78, 5) is 13.3. The van der Waals surface area contributed by atoms with Gasteiger partial charge < -0.3 is 20.8 Å². The first-order valence-corrected chi connectivity index (χ1v) is 13.0. The lowest BCUT2D eigenvalue weighted by Gasteiger charge is -2.31. The van der Waals surface area contributed by atoms with E-state index in [-0.39, 0.29) is 11.9 Å². The van der Waals surface area contributed by atoms with E-state index in [2.05, 4.69) is 79.9 Å². The molecule has 0 radical (unpaired) electrons. The molecule has 0 aliphatic carbocycles. The zero-order valence-electron chi connectivity index (χ0n) is 21.8. The highest BCUT2D eigenvalue weighted by molar-refractivity contribution is 5.85. The van der Waals surface area contributed by atoms with Gasteiger partial charge >= 0.3 is 0 Å². The lowest BCUT2D eigenvalue weighted by molar-refractivity contribution is -0.123. The lowest BCUT2D eigenvalue weighted by atomic mass is 9.88. The van der Waals surface area contributed by atoms with E-state index in [1.807, 2.05) is 12.1 Å². The van der Waals surface area contributed by atoms with E-state index in [1.165, 1.54) is 27.8 Å². The van der Waals surface area contributed by atoms with Gasteiger partial charge in [-0.2, -0.15) is 0 Å². The quantitative estimate of drug-likeness (QED) is 0.295. The second-order valence-corrected chi connectivity index (χ2v) is 10.2. The molecule has 4 N–H and O–H groups in total. The normalized spacial score (nSPS) is 15.5. The molecule has 1 aromatic heterocycles. The Morgan fingerprint density at radius 2 is 1.81 bits per heavy atom. The zero-order chi connectivity index (χ0) is 25.9. The summed E-state index contributed by atoms with van der Waals surface area (Å²) in [5, 5.41) is 6.86. The third kappa shape index (κ3) is 5.47. The highest BCUT2D eigenvalue weighted by Gasteiger charge is 2.27. The Bertz CT molecular complexity index is 1370. The number of carbonyl (C=O) groups excluding carboxylic acids is 1. The van der Waals surface area contributed by atoms with Gasteiger partial charge in [-0.15, -0.1) is 0 Å². The minimum atomic E-state index is -0.612. The summed E-state index contributed by atoms with van der Waals surface area (Å²) in [6, 6.07) is 20.5. The molecule has 0 saturated heterocycles. The maximum atomic E-state index is 13.3. The predicted molar refractivity (Wildman–Crippen MR) is 150 cm³/mol. The Hall–Kier alpha value is -3.83. The summed E-state index contributed by atoms with van der Waals surface area (Å²) in [5.41, 5.74) is 17.9. The molecule has 1 aliphatic rings. The van der Waals surface area contributed by atoms with E-state index in [0.717, 1.165) is 47.3 Å². The van der Waals surface area contributed by atoms with Crippen LogP contribution in [0.25, 0.3) is 11.1 Å². The molecule has 5 nitrogen and oxygen atoms in total. The van der Waals surface area contributed by atoms with Gasteiger partial charge in [0, 0.05) is 23.4 Å². The van der Waals surface area contributed by atoms with Crippen molar-refractivity contribution < 1.29 is 9.21 Å². The van der Waals surface area contributed by atoms with Crippen LogP contribution in [0.1, 0.15) is 51.4 Å². The molecule has 5 heteroatoms. The molecule has 5 rings (SSSR count). The molecule has 0 saturated carbocycles. The van der Waals surface area contributed by atoms with Crippen molar-refractivity contribution in [2.75, 3.05) is 11.9 Å². The van der Waals surface area contributed by atoms with Crippen molar-refractivity contribution in [3.8, 4) is 11.1 Å². The zero-order valence-corrected chi connectivity index (χ0v) is 21.8. The third-order valence-corrected chi connectivity index (χ3v) is 7.34. The first-order chi connectivity index (χ1) is 17.9. The summed E-state index contributed by atoms with van der Waals surface area (Å²) in [5.74, 6) is -0.115. The van der Waals surface area contributed by atoms with Gasteiger partial charge in [-0.25, -0.2) is 0 Å². The molecule has 37 heavy (non-hydrogen) atoms. The van der Waals surface area contributed by atoms with E-state index in [4.69, 9.17) is 10.2 Å². The van der Waals surface area contributed by atoms with Gasteiger partial charge in [-0.3, -0.25) is 4.79 Å². The van der Waals surface area contributed by atoms with Crippen LogP contribution in [0.2, 0.25) is 0 Å². The number of benzene rings is 3. The summed E-state index contributed by atoms with van der Waals surface area (Å²) < 4.78 is 5.41. The standard InChI is InChI=1S/C32H35N3O2/c1-20-13-21(2)26(22(3)14-20)18-29(33)32(36)35-30-9-11-34-31-27(25-10-12-37-19-25)16-24(17-28(30)31)15-23-7-5-4-6-8-23/h4-8,10,12-14,16-17,19,29-30,34H,9,11,15,18,33H2,1-3H3,(H,35,36). The first kappa shape index (κ1) is 24.8. The number of anilines is 1. The van der Waals surface area contributed by atoms with E-state index < -0.39 is 6.04 Å². The maximum Gasteiger partial charge on any atom is 0.237 e. The SMILES string of the molecule is Cc1cc(C)c(CC(N)C(=O)NC2CCNc3c(-c4ccoc4)cc(Cc4ccccc4)cc32)c(C)c1. The number of furan rings is 1. The van der Waals surface area contributed by atoms with Gasteiger partial charge in [0.15, 0.2) is 0 Å². The molecule has 1 amide bonds. The van der Waals surface area contributed by atoms with Crippen LogP contribution >= 0.6 is 0 Å². The second kappa shape index (κ2) is 10.7. The molecular weight excluding hydrogens is 458 g/mol. The van der Waals surface area contributed by atoms with Crippen LogP contribution in [0.15, 0.2) is 77.6 Å². The average Bonchev–Trinajstić information content (AvgIpc) is 3.41. The number of carbonyl (C=O) groups is 1. The molecule has 0 spiro atoms. The molecule has 0 bridgehead atoms. The number of aryl methyl sites for hydroxylation is 3. The molecule has 3 aromatic carbocycles. The van der Waals surface area contributed by atoms with Crippen molar-refractivity contribution in [2.45, 2.75) is 52.1 Å². The van der Waals surface area contributed by atoms with Crippen LogP contribution in [0.4, 0.5) is 5.69 Å². The van der Waals surface area contributed by atoms with Gasteiger partial charge in [-0.05, 0) is 85.5 Å². The Labute approximate surface area is 219 Å². The Kier molecular flexibility index (Phi) is 7.15. The molecule has 2 atom stereocenters. The molecule has 0 fully saturated rings. The molecule has 1 aliphatic heterocycles. The Morgan fingerprint density at radius 3 is 2.51 bits per heavy atom. The number of nitrogens with one attached hydrogen (secondary N) is 2. The van der Waals surface area contributed by atoms with Crippen LogP contribution in [0.5, 0.6) is 0 Å². The number of hydrogen-bond donors (Lipinski definition) is 3. The lowest BCUT2D eigenvalue weighted by Crippen LogP contribution is -2.44. The first-order valence-electron chi connectivity index (χ1n) is 13.0. The van der Waals surface area contributed by atoms with Crippen LogP contribution in [0, 0.1) is 20.8 Å². The summed E-state index contributed by atoms with van der Waals surface area (Å²) in [6.45, 7) is 7.05. The summed E-state index contributed by atoms with van der Waals surface area (Å²) >= 11 is 0. The van der Waals surface area contributed by atoms with Gasteiger partial charge in [0.2, 0.25) is 5.91 Å². The molecule has 190 valence electrons. The fraction of sp³-hybridized carbons (Fsp3) is 0.281. The Balaban J connectivity index is 1.43. The van der Waals surface area contributed by atoms with Crippen molar-refractivity contribution in [1.82, 2.24) is 5.32 Å². The maximum absolute atomic E-state index is 13.3. The number of hydrogen-bond acceptors (Lipinski definition) is 4. The fourth-order valence-electron chi connectivity index (χ4n) is 5.55. The molecular formula is C32H35N3O2. The summed E-state index contributed by atoms with van der Waals surface area (Å²) in [7, 11) is 0. The number of nitrogens with two attached hydrogens (primary N) is 1. The Morgan fingerprint density at radius 1 is 1.05 bits per heavy atom.